The van der Waals surface area contributed by atoms with E-state index in [0.717, 1.165) is 33.5 Å². The number of benzene rings is 6. The highest BCUT2D eigenvalue weighted by molar-refractivity contribution is 6.07. The molecule has 1 aliphatic rings. The van der Waals surface area contributed by atoms with Crippen LogP contribution < -0.4 is 0 Å². The highest BCUT2D eigenvalue weighted by Gasteiger charge is 2.36. The fourth-order valence-electron chi connectivity index (χ4n) is 7.43. The molecule has 9 rings (SSSR count). The summed E-state index contributed by atoms with van der Waals surface area (Å²) < 4.78 is 0. The van der Waals surface area contributed by atoms with Gasteiger partial charge in [-0.05, 0) is 85.3 Å². The second-order valence-corrected chi connectivity index (χ2v) is 12.9. The molecule has 0 saturated carbocycles. The van der Waals surface area contributed by atoms with E-state index in [0.29, 0.717) is 5.82 Å². The van der Waals surface area contributed by atoms with E-state index < -0.39 is 0 Å². The van der Waals surface area contributed by atoms with Gasteiger partial charge in [0.05, 0.1) is 11.4 Å². The van der Waals surface area contributed by atoms with Gasteiger partial charge in [0.2, 0.25) is 0 Å². The number of hydrogen-bond acceptors (Lipinski definition) is 3. The number of hydrogen-bond donors (Lipinski definition) is 0. The zero-order valence-electron chi connectivity index (χ0n) is 26.3. The number of rotatable bonds is 4. The van der Waals surface area contributed by atoms with Crippen molar-refractivity contribution in [2.45, 2.75) is 19.3 Å². The largest absolute Gasteiger partial charge is 0.265 e. The Bertz CT molecular complexity index is 2420. The first-order chi connectivity index (χ1) is 23.1. The molecule has 0 amide bonds. The summed E-state index contributed by atoms with van der Waals surface area (Å²) in [6.45, 7) is 4.69. The van der Waals surface area contributed by atoms with Gasteiger partial charge in [0.15, 0.2) is 5.82 Å². The smallest absolute Gasteiger partial charge is 0.161 e. The molecular formula is C44H31N3. The number of nitrogens with zero attached hydrogens (tertiary/aromatic N) is 3. The Kier molecular flexibility index (Phi) is 6.16. The lowest BCUT2D eigenvalue weighted by atomic mass is 9.81. The van der Waals surface area contributed by atoms with Gasteiger partial charge in [-0.15, -0.1) is 0 Å². The van der Waals surface area contributed by atoms with Gasteiger partial charge in [0, 0.05) is 34.5 Å². The molecule has 2 heterocycles. The maximum Gasteiger partial charge on any atom is 0.161 e. The molecule has 1 aliphatic carbocycles. The molecule has 2 aromatic heterocycles. The van der Waals surface area contributed by atoms with Gasteiger partial charge in [-0.1, -0.05) is 123 Å². The third-order valence-electron chi connectivity index (χ3n) is 9.81. The first-order valence-corrected chi connectivity index (χ1v) is 16.1. The van der Waals surface area contributed by atoms with Crippen LogP contribution in [0.5, 0.6) is 0 Å². The Hall–Kier alpha value is -5.93. The molecule has 0 aliphatic heterocycles. The summed E-state index contributed by atoms with van der Waals surface area (Å²) >= 11 is 0. The number of fused-ring (bicyclic) bond motifs is 6. The topological polar surface area (TPSA) is 38.7 Å². The molecule has 0 atom stereocenters. The first-order valence-electron chi connectivity index (χ1n) is 16.1. The van der Waals surface area contributed by atoms with Crippen molar-refractivity contribution in [1.29, 1.82) is 0 Å². The molecule has 3 heteroatoms. The zero-order valence-corrected chi connectivity index (χ0v) is 26.3. The summed E-state index contributed by atoms with van der Waals surface area (Å²) in [6.07, 6.45) is 3.62. The molecular weight excluding hydrogens is 571 g/mol. The van der Waals surface area contributed by atoms with Crippen LogP contribution in [0.25, 0.3) is 77.7 Å². The van der Waals surface area contributed by atoms with Crippen LogP contribution in [-0.4, -0.2) is 15.0 Å². The lowest BCUT2D eigenvalue weighted by Crippen LogP contribution is -2.14. The van der Waals surface area contributed by atoms with Gasteiger partial charge in [-0.25, -0.2) is 9.97 Å². The predicted octanol–water partition coefficient (Wildman–Crippen LogP) is 11.2. The molecule has 0 unspecified atom stereocenters. The lowest BCUT2D eigenvalue weighted by molar-refractivity contribution is 0.661. The van der Waals surface area contributed by atoms with Crippen LogP contribution in [0.4, 0.5) is 0 Å². The number of aromatic nitrogens is 3. The van der Waals surface area contributed by atoms with E-state index in [1.807, 2.05) is 42.7 Å². The van der Waals surface area contributed by atoms with Crippen molar-refractivity contribution >= 4 is 21.5 Å². The Morgan fingerprint density at radius 2 is 1.06 bits per heavy atom. The van der Waals surface area contributed by atoms with Crippen molar-refractivity contribution in [2.24, 2.45) is 0 Å². The molecule has 0 saturated heterocycles. The van der Waals surface area contributed by atoms with Gasteiger partial charge in [-0.3, -0.25) is 4.98 Å². The van der Waals surface area contributed by atoms with Crippen LogP contribution in [0, 0.1) is 0 Å². The van der Waals surface area contributed by atoms with E-state index in [1.54, 1.807) is 0 Å². The second kappa shape index (κ2) is 10.6. The van der Waals surface area contributed by atoms with Crippen LogP contribution in [0.2, 0.25) is 0 Å². The summed E-state index contributed by atoms with van der Waals surface area (Å²) in [5, 5.41) is 4.90. The van der Waals surface area contributed by atoms with Crippen molar-refractivity contribution in [2.75, 3.05) is 0 Å². The Balaban J connectivity index is 1.23. The van der Waals surface area contributed by atoms with Crippen molar-refractivity contribution < 1.29 is 0 Å². The molecule has 0 bridgehead atoms. The first kappa shape index (κ1) is 27.4. The maximum atomic E-state index is 5.14. The van der Waals surface area contributed by atoms with Gasteiger partial charge in [-0.2, -0.15) is 0 Å². The minimum Gasteiger partial charge on any atom is -0.265 e. The van der Waals surface area contributed by atoms with Gasteiger partial charge in [0.1, 0.15) is 0 Å². The fourth-order valence-corrected chi connectivity index (χ4v) is 7.43. The predicted molar refractivity (Wildman–Crippen MR) is 194 cm³/mol. The van der Waals surface area contributed by atoms with Gasteiger partial charge < -0.3 is 0 Å². The average Bonchev–Trinajstić information content (AvgIpc) is 3.37. The summed E-state index contributed by atoms with van der Waals surface area (Å²) in [5.74, 6) is 0.706. The Morgan fingerprint density at radius 3 is 1.83 bits per heavy atom. The van der Waals surface area contributed by atoms with Crippen LogP contribution in [0.15, 0.2) is 152 Å². The normalized spacial score (nSPS) is 13.1. The third kappa shape index (κ3) is 4.39. The molecule has 47 heavy (non-hydrogen) atoms. The summed E-state index contributed by atoms with van der Waals surface area (Å²) in [7, 11) is 0. The maximum absolute atomic E-state index is 5.14. The zero-order chi connectivity index (χ0) is 31.5. The summed E-state index contributed by atoms with van der Waals surface area (Å²) in [5.41, 5.74) is 12.6. The molecule has 0 N–H and O–H groups in total. The van der Waals surface area contributed by atoms with Crippen molar-refractivity contribution in [3.05, 3.63) is 163 Å². The van der Waals surface area contributed by atoms with Crippen LogP contribution in [0.1, 0.15) is 25.0 Å². The number of pyridine rings is 1. The van der Waals surface area contributed by atoms with Gasteiger partial charge in [0.25, 0.3) is 0 Å². The quantitative estimate of drug-likeness (QED) is 0.201. The van der Waals surface area contributed by atoms with E-state index in [-0.39, 0.29) is 5.41 Å². The van der Waals surface area contributed by atoms with Gasteiger partial charge >= 0.3 is 0 Å². The van der Waals surface area contributed by atoms with Crippen molar-refractivity contribution in [3.63, 3.8) is 0 Å². The van der Waals surface area contributed by atoms with E-state index in [2.05, 4.69) is 128 Å². The highest BCUT2D eigenvalue weighted by Crippen LogP contribution is 2.52. The average molecular weight is 602 g/mol. The van der Waals surface area contributed by atoms with Crippen molar-refractivity contribution in [1.82, 2.24) is 15.0 Å². The van der Waals surface area contributed by atoms with Crippen molar-refractivity contribution in [3.8, 4) is 56.2 Å². The molecule has 8 aromatic rings. The standard InChI is InChI=1S/C44H31N3/c1-44(2)38-20-17-31(26-37(38)42-33-13-7-6-10-28(33)16-21-39(42)44)32-18-19-36(35-15-9-8-14-34(32)35)43-46-40(29-11-4-3-5-12-29)27-41(47-43)30-22-24-45-25-23-30/h3-27H,1-2H3. The van der Waals surface area contributed by atoms with Crippen LogP contribution >= 0.6 is 0 Å². The fraction of sp³-hybridized carbons (Fsp3) is 0.0682. The molecule has 0 spiro atoms. The SMILES string of the molecule is CC1(C)c2ccc(-c3ccc(-c4nc(-c5ccccc5)cc(-c5ccncc5)n4)c4ccccc34)cc2-c2c1ccc1ccccc21. The monoisotopic (exact) mass is 601 g/mol. The molecule has 3 nitrogen and oxygen atoms in total. The highest BCUT2D eigenvalue weighted by atomic mass is 14.9. The molecule has 0 radical (unpaired) electrons. The Labute approximate surface area is 274 Å². The lowest BCUT2D eigenvalue weighted by Gasteiger charge is -2.21. The van der Waals surface area contributed by atoms with E-state index in [4.69, 9.17) is 9.97 Å². The molecule has 0 fully saturated rings. The third-order valence-corrected chi connectivity index (χ3v) is 9.81. The van der Waals surface area contributed by atoms with E-state index >= 15 is 0 Å². The minimum absolute atomic E-state index is 0.0627. The molecule has 222 valence electrons. The Morgan fingerprint density at radius 1 is 0.447 bits per heavy atom. The van der Waals surface area contributed by atoms with E-state index in [1.165, 1.54) is 49.5 Å². The molecule has 6 aromatic carbocycles. The summed E-state index contributed by atoms with van der Waals surface area (Å²) in [4.78, 5) is 14.5. The minimum atomic E-state index is -0.0627. The van der Waals surface area contributed by atoms with E-state index in [9.17, 15) is 0 Å². The second-order valence-electron chi connectivity index (χ2n) is 12.9. The van der Waals surface area contributed by atoms with Crippen LogP contribution in [0.3, 0.4) is 0 Å². The van der Waals surface area contributed by atoms with Crippen LogP contribution in [-0.2, 0) is 5.41 Å². The summed E-state index contributed by atoms with van der Waals surface area (Å²) in [6, 6.07) is 49.9.